The van der Waals surface area contributed by atoms with Crippen molar-refractivity contribution in [1.29, 1.82) is 0 Å². The fourth-order valence-corrected chi connectivity index (χ4v) is 4.43. The van der Waals surface area contributed by atoms with E-state index in [0.29, 0.717) is 0 Å². The summed E-state index contributed by atoms with van der Waals surface area (Å²) in [6, 6.07) is 0. The molecule has 1 aliphatic heterocycles. The Labute approximate surface area is 176 Å². The van der Waals surface area contributed by atoms with Gasteiger partial charge in [-0.2, -0.15) is 4.98 Å². The normalized spacial score (nSPS) is 24.3. The molecule has 2 aromatic heterocycles. The molecule has 0 bridgehead atoms. The zero-order chi connectivity index (χ0) is 22.8. The number of aliphatic hydroxyl groups excluding tert-OH is 2. The number of carbonyl (C=O) groups is 1. The number of fused-ring (bicyclic) bond motifs is 1. The molecule has 0 unspecified atom stereocenters. The van der Waals surface area contributed by atoms with E-state index >= 15 is 0 Å². The summed E-state index contributed by atoms with van der Waals surface area (Å²) in [6.07, 6.45) is -2.50. The van der Waals surface area contributed by atoms with Gasteiger partial charge in [-0.15, -0.1) is 0 Å². The lowest BCUT2D eigenvalue weighted by molar-refractivity contribution is -0.114. The maximum absolute atomic E-state index is 12.6. The molecule has 13 nitrogen and oxygen atoms in total. The van der Waals surface area contributed by atoms with E-state index in [4.69, 9.17) is 13.8 Å². The Bertz CT molecular complexity index is 1070. The van der Waals surface area contributed by atoms with Gasteiger partial charge in [-0.1, -0.05) is 0 Å². The van der Waals surface area contributed by atoms with Crippen LogP contribution in [0.1, 0.15) is 27.0 Å². The van der Waals surface area contributed by atoms with Crippen LogP contribution in [-0.2, 0) is 23.1 Å². The van der Waals surface area contributed by atoms with Gasteiger partial charge in [0.05, 0.1) is 19.5 Å². The fourth-order valence-electron chi connectivity index (χ4n) is 3.09. The summed E-state index contributed by atoms with van der Waals surface area (Å²) < 4.78 is 29.9. The molecule has 0 aliphatic carbocycles. The van der Waals surface area contributed by atoms with E-state index in [1.807, 2.05) is 0 Å². The van der Waals surface area contributed by atoms with Crippen LogP contribution in [0.4, 0.5) is 5.95 Å². The Hall–Kier alpha value is -2.41. The molecule has 1 aliphatic rings. The van der Waals surface area contributed by atoms with Gasteiger partial charge in [-0.25, -0.2) is 4.98 Å². The number of rotatable bonds is 8. The van der Waals surface area contributed by atoms with Gasteiger partial charge >= 0.3 is 7.60 Å². The van der Waals surface area contributed by atoms with Gasteiger partial charge in [0, 0.05) is 12.7 Å². The van der Waals surface area contributed by atoms with Gasteiger partial charge < -0.3 is 24.0 Å². The van der Waals surface area contributed by atoms with Gasteiger partial charge in [0.2, 0.25) is 11.9 Å². The molecular weight excluding hydrogens is 433 g/mol. The van der Waals surface area contributed by atoms with Crippen LogP contribution in [0.25, 0.3) is 11.2 Å². The average Bonchev–Trinajstić information content (AvgIpc) is 3.22. The number of nitrogens with zero attached hydrogens (tertiary/aromatic N) is 3. The smallest absolute Gasteiger partial charge is 0.353 e. The highest BCUT2D eigenvalue weighted by Crippen LogP contribution is 2.50. The summed E-state index contributed by atoms with van der Waals surface area (Å²) in [5, 5.41) is 23.3. The van der Waals surface area contributed by atoms with Crippen molar-refractivity contribution in [3.05, 3.63) is 28.6 Å². The van der Waals surface area contributed by atoms with Gasteiger partial charge in [-0.3, -0.25) is 29.0 Å². The molecule has 0 radical (unpaired) electrons. The monoisotopic (exact) mass is 457 g/mol. The van der Waals surface area contributed by atoms with Crippen molar-refractivity contribution in [3.63, 3.8) is 0 Å². The Morgan fingerprint density at radius 3 is 2.65 bits per heavy atom. The van der Waals surface area contributed by atoms with E-state index in [9.17, 15) is 24.4 Å². The van der Waals surface area contributed by atoms with Crippen LogP contribution in [0.3, 0.4) is 0 Å². The minimum absolute atomic E-state index is 0.0303. The number of hydrogen-bond acceptors (Lipinski definition) is 10. The molecule has 0 spiro atoms. The predicted molar refractivity (Wildman–Crippen MR) is 108 cm³/mol. The molecule has 4 atom stereocenters. The number of nitrogens with one attached hydrogen (secondary N) is 2. The Balaban J connectivity index is 1.90. The largest absolute Gasteiger partial charge is 0.387 e. The van der Waals surface area contributed by atoms with Crippen LogP contribution in [0.5, 0.6) is 0 Å². The summed E-state index contributed by atoms with van der Waals surface area (Å²) in [5.41, 5.74) is -0.621. The first kappa shape index (κ1) is 23.3. The minimum atomic E-state index is -3.53. The summed E-state index contributed by atoms with van der Waals surface area (Å²) in [7, 11) is -3.53. The van der Waals surface area contributed by atoms with Crippen LogP contribution >= 0.6 is 7.60 Å². The van der Waals surface area contributed by atoms with E-state index < -0.39 is 43.6 Å². The molecule has 4 N–H and O–H groups in total. The van der Waals surface area contributed by atoms with Crippen LogP contribution in [0, 0.1) is 0 Å². The van der Waals surface area contributed by atoms with E-state index in [-0.39, 0.29) is 30.3 Å². The number of H-pyrrole nitrogens is 1. The number of aliphatic hydroxyl groups is 2. The van der Waals surface area contributed by atoms with Crippen molar-refractivity contribution in [2.75, 3.05) is 18.5 Å². The highest BCUT2D eigenvalue weighted by atomic mass is 31.2. The summed E-state index contributed by atoms with van der Waals surface area (Å²) in [4.78, 5) is 34.0. The Kier molecular flexibility index (Phi) is 7.04. The predicted octanol–water partition coefficient (Wildman–Crippen LogP) is 0.477. The van der Waals surface area contributed by atoms with Crippen molar-refractivity contribution in [2.24, 2.45) is 0 Å². The van der Waals surface area contributed by atoms with Gasteiger partial charge in [0.25, 0.3) is 5.56 Å². The minimum Gasteiger partial charge on any atom is -0.387 e. The Morgan fingerprint density at radius 1 is 1.35 bits per heavy atom. The number of ether oxygens (including phenoxy) is 1. The van der Waals surface area contributed by atoms with Crippen molar-refractivity contribution >= 4 is 30.6 Å². The van der Waals surface area contributed by atoms with Gasteiger partial charge in [0.1, 0.15) is 18.3 Å². The molecule has 3 rings (SSSR count). The van der Waals surface area contributed by atoms with Gasteiger partial charge in [-0.05, 0) is 19.9 Å². The average molecular weight is 457 g/mol. The highest BCUT2D eigenvalue weighted by molar-refractivity contribution is 7.57. The summed E-state index contributed by atoms with van der Waals surface area (Å²) in [6.45, 7) is 4.88. The summed E-state index contributed by atoms with van der Waals surface area (Å²) >= 11 is 0. The molecule has 14 heteroatoms. The van der Waals surface area contributed by atoms with E-state index in [1.54, 1.807) is 13.8 Å². The highest BCUT2D eigenvalue weighted by Gasteiger charge is 2.43. The van der Waals surface area contributed by atoms with E-state index in [0.717, 1.165) is 0 Å². The SMILES string of the molecule is CCOP(=O)(/C=C/[C@H]1O[C@@H](n2cnc3c(=O)[nH]c(NC(C)=O)nc32)[C@H](O)[C@@H]1O)OCC. The third-order valence-corrected chi connectivity index (χ3v) is 6.13. The first-order valence-electron chi connectivity index (χ1n) is 9.53. The van der Waals surface area contributed by atoms with E-state index in [1.165, 1.54) is 29.7 Å². The molecule has 0 saturated carbocycles. The number of aromatic amines is 1. The first-order chi connectivity index (χ1) is 14.7. The molecule has 1 amide bonds. The van der Waals surface area contributed by atoms with Crippen molar-refractivity contribution < 1.29 is 33.4 Å². The zero-order valence-corrected chi connectivity index (χ0v) is 18.0. The lowest BCUT2D eigenvalue weighted by atomic mass is 10.1. The fraction of sp³-hybridized carbons (Fsp3) is 0.529. The van der Waals surface area contributed by atoms with Crippen molar-refractivity contribution in [3.8, 4) is 0 Å². The number of aromatic nitrogens is 4. The maximum atomic E-state index is 12.6. The second-order valence-electron chi connectivity index (χ2n) is 6.61. The third-order valence-electron chi connectivity index (χ3n) is 4.35. The molecule has 1 saturated heterocycles. The first-order valence-corrected chi connectivity index (χ1v) is 11.1. The maximum Gasteiger partial charge on any atom is 0.353 e. The number of anilines is 1. The topological polar surface area (TPSA) is 178 Å². The quantitative estimate of drug-likeness (QED) is 0.407. The second kappa shape index (κ2) is 9.39. The molecule has 2 aromatic rings. The number of imidazole rings is 1. The molecule has 1 fully saturated rings. The van der Waals surface area contributed by atoms with Crippen LogP contribution in [0.15, 0.2) is 23.0 Å². The molecule has 170 valence electrons. The van der Waals surface area contributed by atoms with Crippen molar-refractivity contribution in [1.82, 2.24) is 19.5 Å². The van der Waals surface area contributed by atoms with Crippen LogP contribution < -0.4 is 10.9 Å². The molecule has 31 heavy (non-hydrogen) atoms. The van der Waals surface area contributed by atoms with Crippen LogP contribution in [0.2, 0.25) is 0 Å². The van der Waals surface area contributed by atoms with Crippen LogP contribution in [-0.4, -0.2) is 67.2 Å². The number of hydrogen-bond donors (Lipinski definition) is 4. The second-order valence-corrected chi connectivity index (χ2v) is 8.50. The Morgan fingerprint density at radius 2 is 2.03 bits per heavy atom. The van der Waals surface area contributed by atoms with Crippen molar-refractivity contribution in [2.45, 2.75) is 45.3 Å². The lowest BCUT2D eigenvalue weighted by Gasteiger charge is -2.16. The molecular formula is C17H24N5O8P. The van der Waals surface area contributed by atoms with Gasteiger partial charge in [0.15, 0.2) is 17.4 Å². The zero-order valence-electron chi connectivity index (χ0n) is 17.1. The van der Waals surface area contributed by atoms with E-state index in [2.05, 4.69) is 20.3 Å². The summed E-state index contributed by atoms with van der Waals surface area (Å²) in [5.74, 6) is 0.623. The number of carbonyl (C=O) groups excluding carboxylic acids is 1. The standard InChI is InChI=1S/C17H24N5O8P/c1-4-28-31(27,29-5-2)7-6-10-12(24)13(25)16(30-10)22-8-18-11-14(22)20-17(19-9(3)23)21-15(11)26/h6-8,10,12-13,16,24-25H,4-5H2,1-3H3,(H2,19,20,21,23,26)/b7-6+/t10-,12-,13-,16-/m1/s1. The molecule has 3 heterocycles. The molecule has 0 aromatic carbocycles. The third kappa shape index (κ3) is 4.92. The lowest BCUT2D eigenvalue weighted by Crippen LogP contribution is -2.30. The number of amides is 1.